The zero-order chi connectivity index (χ0) is 15.1. The van der Waals surface area contributed by atoms with Gasteiger partial charge in [0.05, 0.1) is 12.2 Å². The zero-order valence-corrected chi connectivity index (χ0v) is 11.8. The van der Waals surface area contributed by atoms with Crippen LogP contribution < -0.4 is 11.1 Å². The summed E-state index contributed by atoms with van der Waals surface area (Å²) in [6.07, 6.45) is 1.28. The molecule has 0 aromatic carbocycles. The summed E-state index contributed by atoms with van der Waals surface area (Å²) >= 11 is 0. The summed E-state index contributed by atoms with van der Waals surface area (Å²) in [5, 5.41) is 1.74. The fraction of sp³-hybridized carbons (Fsp3) is 0.364. The van der Waals surface area contributed by atoms with Gasteiger partial charge in [-0.1, -0.05) is 0 Å². The molecule has 9 heteroatoms. The standard InChI is InChI=1S/C11H14N4O4S/c1-11(2)10(17)14-8(16)6-15(11)20(18,19)9-7(12)4-3-5-13-9/h3-5H,6,12H2,1-2H3,(H,14,16,17). The van der Waals surface area contributed by atoms with E-state index >= 15 is 0 Å². The number of pyridine rings is 1. The Balaban J connectivity index is 2.56. The van der Waals surface area contributed by atoms with Crippen molar-refractivity contribution in [2.24, 2.45) is 0 Å². The minimum absolute atomic E-state index is 0.0401. The first-order valence-corrected chi connectivity index (χ1v) is 7.19. The summed E-state index contributed by atoms with van der Waals surface area (Å²) in [7, 11) is -4.15. The largest absolute Gasteiger partial charge is 0.396 e. The number of hydrogen-bond acceptors (Lipinski definition) is 6. The monoisotopic (exact) mass is 298 g/mol. The molecule has 1 aromatic rings. The van der Waals surface area contributed by atoms with E-state index in [0.717, 1.165) is 4.31 Å². The highest BCUT2D eigenvalue weighted by Gasteiger charge is 2.48. The minimum Gasteiger partial charge on any atom is -0.396 e. The van der Waals surface area contributed by atoms with Gasteiger partial charge in [0, 0.05) is 6.20 Å². The number of anilines is 1. The molecule has 8 nitrogen and oxygen atoms in total. The lowest BCUT2D eigenvalue weighted by Gasteiger charge is -2.38. The molecule has 1 fully saturated rings. The number of carbonyl (C=O) groups is 2. The number of rotatable bonds is 2. The topological polar surface area (TPSA) is 122 Å². The third kappa shape index (κ3) is 2.14. The van der Waals surface area contributed by atoms with Crippen LogP contribution in [0.5, 0.6) is 0 Å². The van der Waals surface area contributed by atoms with Crippen LogP contribution in [0.2, 0.25) is 0 Å². The van der Waals surface area contributed by atoms with E-state index in [-0.39, 0.29) is 10.7 Å². The number of carbonyl (C=O) groups excluding carboxylic acids is 2. The van der Waals surface area contributed by atoms with Gasteiger partial charge in [-0.3, -0.25) is 14.9 Å². The molecule has 3 N–H and O–H groups in total. The van der Waals surface area contributed by atoms with Gasteiger partial charge in [-0.05, 0) is 26.0 Å². The Morgan fingerprint density at radius 1 is 1.40 bits per heavy atom. The van der Waals surface area contributed by atoms with Crippen molar-refractivity contribution in [2.75, 3.05) is 12.3 Å². The molecule has 0 aliphatic carbocycles. The molecule has 20 heavy (non-hydrogen) atoms. The zero-order valence-electron chi connectivity index (χ0n) is 11.0. The lowest BCUT2D eigenvalue weighted by Crippen LogP contribution is -2.65. The Morgan fingerprint density at radius 2 is 2.05 bits per heavy atom. The quantitative estimate of drug-likeness (QED) is 0.681. The molecule has 2 rings (SSSR count). The van der Waals surface area contributed by atoms with Gasteiger partial charge in [0.2, 0.25) is 11.8 Å². The van der Waals surface area contributed by atoms with Crippen molar-refractivity contribution in [3.05, 3.63) is 18.3 Å². The fourth-order valence-corrected chi connectivity index (χ4v) is 3.61. The molecule has 1 aromatic heterocycles. The third-order valence-electron chi connectivity index (χ3n) is 3.05. The number of sulfonamides is 1. The molecule has 0 unspecified atom stereocenters. The predicted molar refractivity (Wildman–Crippen MR) is 69.8 cm³/mol. The number of imide groups is 1. The molecule has 0 radical (unpaired) electrons. The lowest BCUT2D eigenvalue weighted by atomic mass is 10.0. The van der Waals surface area contributed by atoms with E-state index in [4.69, 9.17) is 5.73 Å². The third-order valence-corrected chi connectivity index (χ3v) is 5.05. The summed E-state index contributed by atoms with van der Waals surface area (Å²) in [6, 6.07) is 2.88. The van der Waals surface area contributed by atoms with E-state index in [1.807, 2.05) is 0 Å². The van der Waals surface area contributed by atoms with Crippen molar-refractivity contribution in [3.63, 3.8) is 0 Å². The molecule has 1 saturated heterocycles. The number of nitrogen functional groups attached to an aromatic ring is 1. The molecule has 0 bridgehead atoms. The molecule has 0 spiro atoms. The van der Waals surface area contributed by atoms with E-state index in [1.165, 1.54) is 32.2 Å². The maximum Gasteiger partial charge on any atom is 0.264 e. The van der Waals surface area contributed by atoms with Crippen LogP contribution in [0.4, 0.5) is 5.69 Å². The van der Waals surface area contributed by atoms with Gasteiger partial charge in [-0.2, -0.15) is 4.31 Å². The highest BCUT2D eigenvalue weighted by molar-refractivity contribution is 7.89. The number of hydrogen-bond donors (Lipinski definition) is 2. The summed E-state index contributed by atoms with van der Waals surface area (Å²) in [5.74, 6) is -1.38. The molecular weight excluding hydrogens is 284 g/mol. The summed E-state index contributed by atoms with van der Waals surface area (Å²) < 4.78 is 25.9. The van der Waals surface area contributed by atoms with E-state index in [9.17, 15) is 18.0 Å². The molecular formula is C11H14N4O4S. The Morgan fingerprint density at radius 3 is 2.65 bits per heavy atom. The number of nitrogens with one attached hydrogen (secondary N) is 1. The average Bonchev–Trinajstić information content (AvgIpc) is 2.34. The fourth-order valence-electron chi connectivity index (χ4n) is 1.87. The smallest absolute Gasteiger partial charge is 0.264 e. The van der Waals surface area contributed by atoms with Crippen molar-refractivity contribution < 1.29 is 18.0 Å². The second kappa shape index (κ2) is 4.53. The average molecular weight is 298 g/mol. The second-order valence-electron chi connectivity index (χ2n) is 4.85. The van der Waals surface area contributed by atoms with Gasteiger partial charge in [-0.15, -0.1) is 0 Å². The first kappa shape index (κ1) is 14.4. The molecule has 2 heterocycles. The van der Waals surface area contributed by atoms with Crippen molar-refractivity contribution in [2.45, 2.75) is 24.4 Å². The molecule has 1 aliphatic rings. The van der Waals surface area contributed by atoms with Gasteiger partial charge in [0.1, 0.15) is 5.54 Å². The normalized spacial score (nSPS) is 19.7. The summed E-state index contributed by atoms with van der Waals surface area (Å²) in [4.78, 5) is 27.0. The van der Waals surface area contributed by atoms with Gasteiger partial charge in [0.15, 0.2) is 5.03 Å². The van der Waals surface area contributed by atoms with Crippen LogP contribution >= 0.6 is 0 Å². The number of aromatic nitrogens is 1. The van der Waals surface area contributed by atoms with Crippen LogP contribution in [0.1, 0.15) is 13.8 Å². The summed E-state index contributed by atoms with van der Waals surface area (Å²) in [5.41, 5.74) is 4.17. The van der Waals surface area contributed by atoms with E-state index in [0.29, 0.717) is 0 Å². The van der Waals surface area contributed by atoms with Crippen molar-refractivity contribution in [1.29, 1.82) is 0 Å². The first-order chi connectivity index (χ1) is 9.17. The van der Waals surface area contributed by atoms with Crippen LogP contribution in [-0.2, 0) is 19.6 Å². The highest BCUT2D eigenvalue weighted by atomic mass is 32.2. The van der Waals surface area contributed by atoms with Gasteiger partial charge < -0.3 is 5.73 Å². The number of piperazine rings is 1. The van der Waals surface area contributed by atoms with Gasteiger partial charge in [-0.25, -0.2) is 13.4 Å². The first-order valence-electron chi connectivity index (χ1n) is 5.75. The van der Waals surface area contributed by atoms with Crippen molar-refractivity contribution in [1.82, 2.24) is 14.6 Å². The molecule has 2 amide bonds. The molecule has 0 atom stereocenters. The van der Waals surface area contributed by atoms with E-state index in [1.54, 1.807) is 0 Å². The lowest BCUT2D eigenvalue weighted by molar-refractivity contribution is -0.141. The Bertz CT molecular complexity index is 683. The molecule has 108 valence electrons. The summed E-state index contributed by atoms with van der Waals surface area (Å²) in [6.45, 7) is 2.36. The Labute approximate surface area is 116 Å². The van der Waals surface area contributed by atoms with Crippen LogP contribution in [-0.4, -0.2) is 41.6 Å². The molecule has 0 saturated carbocycles. The number of amides is 2. The Hall–Kier alpha value is -2.00. The van der Waals surface area contributed by atoms with E-state index < -0.39 is 33.9 Å². The van der Waals surface area contributed by atoms with Crippen LogP contribution in [0.15, 0.2) is 23.4 Å². The van der Waals surface area contributed by atoms with Crippen LogP contribution in [0.3, 0.4) is 0 Å². The SMILES string of the molecule is CC1(C)C(=O)NC(=O)CN1S(=O)(=O)c1ncccc1N. The highest BCUT2D eigenvalue weighted by Crippen LogP contribution is 2.28. The number of nitrogens with zero attached hydrogens (tertiary/aromatic N) is 2. The van der Waals surface area contributed by atoms with Crippen molar-refractivity contribution >= 4 is 27.5 Å². The maximum absolute atomic E-state index is 12.6. The second-order valence-corrected chi connectivity index (χ2v) is 6.62. The predicted octanol–water partition coefficient (Wildman–Crippen LogP) is -0.910. The van der Waals surface area contributed by atoms with Crippen LogP contribution in [0, 0.1) is 0 Å². The van der Waals surface area contributed by atoms with E-state index in [2.05, 4.69) is 10.3 Å². The Kier molecular flexibility index (Phi) is 3.26. The molecule has 1 aliphatic heterocycles. The van der Waals surface area contributed by atoms with Gasteiger partial charge in [0.25, 0.3) is 10.0 Å². The number of nitrogens with two attached hydrogens (primary N) is 1. The maximum atomic E-state index is 12.6. The van der Waals surface area contributed by atoms with Crippen molar-refractivity contribution in [3.8, 4) is 0 Å². The minimum atomic E-state index is -4.15. The van der Waals surface area contributed by atoms with Gasteiger partial charge >= 0.3 is 0 Å². The van der Waals surface area contributed by atoms with Crippen LogP contribution in [0.25, 0.3) is 0 Å².